The van der Waals surface area contributed by atoms with Gasteiger partial charge in [-0.3, -0.25) is 5.14 Å². The summed E-state index contributed by atoms with van der Waals surface area (Å²) in [6.45, 7) is 6.58. The maximum Gasteiger partial charge on any atom is 0.0461 e. The second kappa shape index (κ2) is 5.12. The van der Waals surface area contributed by atoms with Gasteiger partial charge in [0.15, 0.2) is 0 Å². The summed E-state index contributed by atoms with van der Waals surface area (Å²) in [5, 5.41) is 6.82. The Hall–Kier alpha value is 0.310. The molecule has 1 radical (unpaired) electrons. The Bertz CT molecular complexity index is 59.9. The van der Waals surface area contributed by atoms with Crippen LogP contribution in [-0.2, 0) is 0 Å². The summed E-state index contributed by atoms with van der Waals surface area (Å²) in [6.07, 6.45) is 2.27. The molecule has 2 heteroatoms. The highest BCUT2D eigenvalue weighted by Crippen LogP contribution is 2.24. The van der Waals surface area contributed by atoms with Gasteiger partial charge in [-0.05, 0) is 18.8 Å². The molecule has 0 spiro atoms. The van der Waals surface area contributed by atoms with E-state index in [1.165, 1.54) is 17.2 Å². The van der Waals surface area contributed by atoms with E-state index in [1.54, 1.807) is 0 Å². The lowest BCUT2D eigenvalue weighted by Crippen LogP contribution is -1.99. The van der Waals surface area contributed by atoms with Crippen molar-refractivity contribution in [2.75, 3.05) is 0 Å². The van der Waals surface area contributed by atoms with Crippen LogP contribution in [0.25, 0.3) is 0 Å². The molecule has 0 aliphatic heterocycles. The Morgan fingerprint density at radius 1 is 1.56 bits per heavy atom. The van der Waals surface area contributed by atoms with Crippen LogP contribution in [-0.4, -0.2) is 0 Å². The Morgan fingerprint density at radius 3 is 2.22 bits per heavy atom. The quantitative estimate of drug-likeness (QED) is 0.617. The predicted octanol–water partition coefficient (Wildman–Crippen LogP) is 2.58. The summed E-state index contributed by atoms with van der Waals surface area (Å²) in [7, 11) is 0. The molecule has 0 unspecified atom stereocenters. The molecule has 0 atom stereocenters. The van der Waals surface area contributed by atoms with Crippen LogP contribution < -0.4 is 5.14 Å². The van der Waals surface area contributed by atoms with E-state index in [1.807, 2.05) is 0 Å². The van der Waals surface area contributed by atoms with E-state index >= 15 is 0 Å². The molecule has 0 aliphatic carbocycles. The van der Waals surface area contributed by atoms with Crippen LogP contribution in [0, 0.1) is 11.2 Å². The lowest BCUT2D eigenvalue weighted by atomic mass is 10.1. The fraction of sp³-hybridized carbons (Fsp3) is 0.857. The Balaban J connectivity index is 3.31. The van der Waals surface area contributed by atoms with Gasteiger partial charge in [0.05, 0.1) is 0 Å². The summed E-state index contributed by atoms with van der Waals surface area (Å²) in [4.78, 5) is 0. The maximum absolute atomic E-state index is 5.41. The van der Waals surface area contributed by atoms with Crippen LogP contribution in [0.3, 0.4) is 0 Å². The van der Waals surface area contributed by atoms with Gasteiger partial charge in [0.2, 0.25) is 0 Å². The zero-order valence-electron chi connectivity index (χ0n) is 6.48. The first-order chi connectivity index (χ1) is 4.20. The van der Waals surface area contributed by atoms with E-state index in [-0.39, 0.29) is 0 Å². The molecule has 55 valence electrons. The molecule has 0 rings (SSSR count). The molecule has 1 nitrogen and oxygen atoms in total. The molecule has 0 saturated heterocycles. The second-order valence-corrected chi connectivity index (χ2v) is 3.42. The van der Waals surface area contributed by atoms with Gasteiger partial charge in [-0.15, -0.1) is 0 Å². The van der Waals surface area contributed by atoms with Crippen molar-refractivity contribution < 1.29 is 0 Å². The van der Waals surface area contributed by atoms with Crippen molar-refractivity contribution >= 4 is 11.9 Å². The van der Waals surface area contributed by atoms with Crippen molar-refractivity contribution in [3.05, 3.63) is 5.25 Å². The molecule has 0 saturated carbocycles. The molecule has 0 aromatic heterocycles. The van der Waals surface area contributed by atoms with E-state index < -0.39 is 0 Å². The van der Waals surface area contributed by atoms with Crippen molar-refractivity contribution in [2.24, 2.45) is 11.1 Å². The van der Waals surface area contributed by atoms with Gasteiger partial charge in [-0.2, -0.15) is 0 Å². The first-order valence-corrected chi connectivity index (χ1v) is 4.30. The molecule has 0 aromatic carbocycles. The number of hydrogen-bond acceptors (Lipinski definition) is 2. The molecule has 0 fully saturated rings. The number of rotatable bonds is 4. The lowest BCUT2D eigenvalue weighted by molar-refractivity contribution is 0.615. The molecule has 0 aromatic rings. The molecule has 0 aliphatic rings. The van der Waals surface area contributed by atoms with Crippen molar-refractivity contribution in [2.45, 2.75) is 33.6 Å². The van der Waals surface area contributed by atoms with Crippen molar-refractivity contribution in [3.8, 4) is 0 Å². The van der Waals surface area contributed by atoms with Gasteiger partial charge in [-0.25, -0.2) is 0 Å². The van der Waals surface area contributed by atoms with Gasteiger partial charge in [0.25, 0.3) is 0 Å². The standard InChI is InChI=1S/C7H16NS/c1-4-7(9-8)5-6(2)3/h6H,4-5,8H2,1-3H3. The zero-order valence-corrected chi connectivity index (χ0v) is 7.29. The number of hydrogen-bond donors (Lipinski definition) is 1. The molecule has 9 heavy (non-hydrogen) atoms. The largest absolute Gasteiger partial charge is 0.277 e. The van der Waals surface area contributed by atoms with Crippen molar-refractivity contribution in [3.63, 3.8) is 0 Å². The zero-order chi connectivity index (χ0) is 7.28. The fourth-order valence-electron chi connectivity index (χ4n) is 0.731. The van der Waals surface area contributed by atoms with E-state index in [0.29, 0.717) is 0 Å². The van der Waals surface area contributed by atoms with Crippen LogP contribution in [0.1, 0.15) is 33.6 Å². The molecular formula is C7H16NS. The fourth-order valence-corrected chi connectivity index (χ4v) is 1.33. The third-order valence-corrected chi connectivity index (χ3v) is 1.99. The van der Waals surface area contributed by atoms with E-state index in [0.717, 1.165) is 18.8 Å². The van der Waals surface area contributed by atoms with Crippen molar-refractivity contribution in [1.29, 1.82) is 0 Å². The summed E-state index contributed by atoms with van der Waals surface area (Å²) < 4.78 is 0. The van der Waals surface area contributed by atoms with E-state index in [9.17, 15) is 0 Å². The molecule has 0 heterocycles. The van der Waals surface area contributed by atoms with E-state index in [2.05, 4.69) is 20.8 Å². The highest BCUT2D eigenvalue weighted by Gasteiger charge is 2.06. The smallest absolute Gasteiger partial charge is 0.0461 e. The Morgan fingerprint density at radius 2 is 2.11 bits per heavy atom. The molecule has 0 bridgehead atoms. The minimum Gasteiger partial charge on any atom is -0.277 e. The van der Waals surface area contributed by atoms with Gasteiger partial charge >= 0.3 is 0 Å². The minimum absolute atomic E-state index is 0.746. The first-order valence-electron chi connectivity index (χ1n) is 3.42. The first kappa shape index (κ1) is 9.31. The maximum atomic E-state index is 5.41. The van der Waals surface area contributed by atoms with Gasteiger partial charge in [-0.1, -0.05) is 32.7 Å². The third-order valence-electron chi connectivity index (χ3n) is 1.20. The molecule has 0 amide bonds. The average Bonchev–Trinajstić information content (AvgIpc) is 1.82. The van der Waals surface area contributed by atoms with E-state index in [4.69, 9.17) is 5.14 Å². The van der Waals surface area contributed by atoms with Crippen LogP contribution in [0.4, 0.5) is 0 Å². The second-order valence-electron chi connectivity index (χ2n) is 2.61. The highest BCUT2D eigenvalue weighted by atomic mass is 32.2. The monoisotopic (exact) mass is 146 g/mol. The van der Waals surface area contributed by atoms with Gasteiger partial charge in [0.1, 0.15) is 0 Å². The topological polar surface area (TPSA) is 26.0 Å². The summed E-state index contributed by atoms with van der Waals surface area (Å²) in [5.41, 5.74) is 0. The normalized spacial score (nSPS) is 11.3. The average molecular weight is 146 g/mol. The minimum atomic E-state index is 0.746. The van der Waals surface area contributed by atoms with Gasteiger partial charge in [0, 0.05) is 5.25 Å². The summed E-state index contributed by atoms with van der Waals surface area (Å²) in [6, 6.07) is 0. The lowest BCUT2D eigenvalue weighted by Gasteiger charge is -2.11. The highest BCUT2D eigenvalue weighted by molar-refractivity contribution is 7.99. The molecule has 2 N–H and O–H groups in total. The summed E-state index contributed by atoms with van der Waals surface area (Å²) in [5.74, 6) is 0.746. The van der Waals surface area contributed by atoms with Crippen LogP contribution >= 0.6 is 11.9 Å². The van der Waals surface area contributed by atoms with Crippen LogP contribution in [0.5, 0.6) is 0 Å². The van der Waals surface area contributed by atoms with Crippen molar-refractivity contribution in [1.82, 2.24) is 0 Å². The van der Waals surface area contributed by atoms with Crippen LogP contribution in [0.15, 0.2) is 0 Å². The summed E-state index contributed by atoms with van der Waals surface area (Å²) >= 11 is 1.41. The third kappa shape index (κ3) is 4.79. The van der Waals surface area contributed by atoms with Crippen LogP contribution in [0.2, 0.25) is 0 Å². The van der Waals surface area contributed by atoms with Gasteiger partial charge < -0.3 is 0 Å². The SMILES string of the molecule is CC[C](CC(C)C)SN. The predicted molar refractivity (Wildman–Crippen MR) is 44.8 cm³/mol. The Labute approximate surface area is 62.5 Å². The molecular weight excluding hydrogens is 130 g/mol. The Kier molecular flexibility index (Phi) is 5.30. The number of nitrogens with two attached hydrogens (primary N) is 1.